The Balaban J connectivity index is -0.000000131. The molecule has 1 fully saturated rings. The molecular formula is C62H110BBrCl2N8O6S2. The van der Waals surface area contributed by atoms with Crippen LogP contribution in [0.2, 0.25) is 0 Å². The quantitative estimate of drug-likeness (QED) is 0.0139. The second-order valence-electron chi connectivity index (χ2n) is 16.5. The SMILES string of the molecule is C.C.C/C=C(\CC)B1OC(C)(C)C(C)(C)O1.C/C=C(\CC)c1ccccc1[N+](=O)[O-].CC.CC.CC.CC.CCC(CC)c1ccccc1N.CCC(CC)c1ccccc1NC(=S)NN.NN.O=[N+]([O-])c1ccccc1Br.S=C(Cl)Cl. The van der Waals surface area contributed by atoms with Gasteiger partial charge in [-0.1, -0.05) is 220 Å². The summed E-state index contributed by atoms with van der Waals surface area (Å²) in [5.41, 5.74) is 15.7. The Morgan fingerprint density at radius 3 is 1.35 bits per heavy atom. The molecule has 0 amide bonds. The van der Waals surface area contributed by atoms with E-state index in [1.165, 1.54) is 41.6 Å². The van der Waals surface area contributed by atoms with Crippen LogP contribution in [-0.4, -0.2) is 37.1 Å². The highest BCUT2D eigenvalue weighted by molar-refractivity contribution is 9.10. The molecule has 82 heavy (non-hydrogen) atoms. The number of nitro benzene ring substituents is 2. The van der Waals surface area contributed by atoms with Crippen LogP contribution in [-0.2, 0) is 9.31 Å². The van der Waals surface area contributed by atoms with Crippen molar-refractivity contribution in [3.63, 3.8) is 0 Å². The number of hydrogen-bond donors (Lipinski definition) is 6. The molecule has 20 heteroatoms. The number of thiocarbonyl (C=S) groups is 2. The number of para-hydroxylation sites is 4. The zero-order valence-electron chi connectivity index (χ0n) is 52.0. The summed E-state index contributed by atoms with van der Waals surface area (Å²) in [7, 11) is -0.157. The maximum absolute atomic E-state index is 10.7. The minimum atomic E-state index is -0.427. The smallest absolute Gasteiger partial charge is 0.400 e. The minimum absolute atomic E-state index is 0. The Labute approximate surface area is 528 Å². The Bertz CT molecular complexity index is 2290. The highest BCUT2D eigenvalue weighted by Crippen LogP contribution is 2.39. The van der Waals surface area contributed by atoms with E-state index in [-0.39, 0.29) is 53.3 Å². The second kappa shape index (κ2) is 58.4. The van der Waals surface area contributed by atoms with E-state index >= 15 is 0 Å². The van der Waals surface area contributed by atoms with E-state index in [1.807, 2.05) is 113 Å². The Hall–Kier alpha value is -4.34. The lowest BCUT2D eigenvalue weighted by Crippen LogP contribution is -2.41. The van der Waals surface area contributed by atoms with E-state index in [4.69, 9.17) is 56.3 Å². The first-order valence-corrected chi connectivity index (χ1v) is 30.0. The van der Waals surface area contributed by atoms with Crippen molar-refractivity contribution in [2.45, 2.75) is 215 Å². The molecule has 0 unspecified atom stereocenters. The summed E-state index contributed by atoms with van der Waals surface area (Å²) in [6.07, 6.45) is 10.4. The number of nitrogens with two attached hydrogens (primary N) is 4. The van der Waals surface area contributed by atoms with Crippen LogP contribution < -0.4 is 34.0 Å². The summed E-state index contributed by atoms with van der Waals surface area (Å²) >= 11 is 21.7. The lowest BCUT2D eigenvalue weighted by Gasteiger charge is -2.32. The molecule has 5 rings (SSSR count). The first-order chi connectivity index (χ1) is 38.0. The molecule has 4 aromatic carbocycles. The fourth-order valence-electron chi connectivity index (χ4n) is 7.02. The van der Waals surface area contributed by atoms with Crippen LogP contribution in [0, 0.1) is 20.2 Å². The standard InChI is InChI=1S/C12H19N3S.C11H21BO2.C11H13NO2.C11H17N.C6H4BrNO2.4C2H6.CCl2S.2CH4.H4N2/c1-3-9(4-2)10-7-5-6-8-11(10)14-12(16)15-13;1-7-9(8-2)12-13-10(3,4)11(5,6)14-12;1-3-9(4-2)10-7-5-6-8-11(10)12(13)14;1-3-9(4-2)10-7-5-6-8-11(10)12;7-5-3-1-2-4-6(5)8(9)10;4*1-2;2-1(3)4;;;1-2/h5-9H,3-4,13H2,1-2H3,(H2,14,15,16);7H,8H2,1-6H3;3,5-8H,4H2,1-2H3;5-9H,3-4,12H2,1-2H3;1-4H;4*1-2H3;;2*1H4;1-2H2/b;9-7+;9-3+;;;;;;;;;;. The van der Waals surface area contributed by atoms with Crippen LogP contribution >= 0.6 is 63.6 Å². The van der Waals surface area contributed by atoms with Crippen LogP contribution in [0.5, 0.6) is 0 Å². The number of nitrogens with one attached hydrogen (secondary N) is 2. The number of benzene rings is 4. The van der Waals surface area contributed by atoms with E-state index in [0.29, 0.717) is 21.4 Å². The van der Waals surface area contributed by atoms with E-state index in [9.17, 15) is 20.2 Å². The van der Waals surface area contributed by atoms with Gasteiger partial charge in [0.15, 0.2) is 8.90 Å². The van der Waals surface area contributed by atoms with Crippen LogP contribution in [0.25, 0.3) is 5.57 Å². The normalized spacial score (nSPS) is 11.7. The summed E-state index contributed by atoms with van der Waals surface area (Å²) in [5, 5.41) is 24.5. The van der Waals surface area contributed by atoms with Crippen molar-refractivity contribution in [2.24, 2.45) is 17.5 Å². The molecule has 1 heterocycles. The molecule has 0 radical (unpaired) electrons. The lowest BCUT2D eigenvalue weighted by atomic mass is 9.76. The van der Waals surface area contributed by atoms with Crippen molar-refractivity contribution in [1.29, 1.82) is 0 Å². The maximum Gasteiger partial charge on any atom is 0.490 e. The van der Waals surface area contributed by atoms with Crippen LogP contribution in [0.4, 0.5) is 22.7 Å². The van der Waals surface area contributed by atoms with Gasteiger partial charge in [-0.25, -0.2) is 5.84 Å². The number of nitro groups is 2. The van der Waals surface area contributed by atoms with Gasteiger partial charge in [-0.15, -0.1) is 0 Å². The Kier molecular flexibility index (Phi) is 67.0. The van der Waals surface area contributed by atoms with E-state index in [1.54, 1.807) is 30.3 Å². The van der Waals surface area contributed by atoms with Gasteiger partial charge in [0, 0.05) is 23.5 Å². The molecular weight excluding hydrogens is 1180 g/mol. The summed E-state index contributed by atoms with van der Waals surface area (Å²) in [6, 6.07) is 29.6. The number of nitrogen functional groups attached to an aromatic ring is 1. The first-order valence-electron chi connectivity index (χ1n) is 27.7. The molecule has 0 aromatic heterocycles. The van der Waals surface area contributed by atoms with Gasteiger partial charge in [0.1, 0.15) is 0 Å². The van der Waals surface area contributed by atoms with Crippen molar-refractivity contribution in [1.82, 2.24) is 5.43 Å². The monoisotopic (exact) mass is 1290 g/mol. The molecule has 470 valence electrons. The Morgan fingerprint density at radius 2 is 1.01 bits per heavy atom. The van der Waals surface area contributed by atoms with Gasteiger partial charge in [-0.05, 0) is 166 Å². The van der Waals surface area contributed by atoms with Crippen LogP contribution in [0.15, 0.2) is 119 Å². The van der Waals surface area contributed by atoms with Crippen LogP contribution in [0.1, 0.15) is 220 Å². The second-order valence-corrected chi connectivity index (χ2v) is 19.6. The highest BCUT2D eigenvalue weighted by atomic mass is 79.9. The van der Waals surface area contributed by atoms with Crippen LogP contribution in [0.3, 0.4) is 0 Å². The fraction of sp³-hybridized carbons (Fsp3) is 0.516. The number of rotatable bonds is 13. The van der Waals surface area contributed by atoms with E-state index in [2.05, 4.69) is 143 Å². The molecule has 1 aliphatic rings. The van der Waals surface area contributed by atoms with Gasteiger partial charge < -0.3 is 25.8 Å². The lowest BCUT2D eigenvalue weighted by molar-refractivity contribution is -0.385. The van der Waals surface area contributed by atoms with Crippen molar-refractivity contribution < 1.29 is 19.2 Å². The molecule has 0 spiro atoms. The molecule has 10 N–H and O–H groups in total. The zero-order chi connectivity index (χ0) is 63.6. The van der Waals surface area contributed by atoms with Gasteiger partial charge in [0.05, 0.1) is 31.1 Å². The summed E-state index contributed by atoms with van der Waals surface area (Å²) in [5.74, 6) is 14.4. The molecule has 0 saturated carbocycles. The first kappa shape index (κ1) is 94.1. The Morgan fingerprint density at radius 1 is 0.646 bits per heavy atom. The van der Waals surface area contributed by atoms with Gasteiger partial charge in [0.25, 0.3) is 11.4 Å². The van der Waals surface area contributed by atoms with Gasteiger partial charge >= 0.3 is 7.12 Å². The predicted molar refractivity (Wildman–Crippen MR) is 377 cm³/mol. The fourth-order valence-corrected chi connectivity index (χ4v) is 7.56. The topological polar surface area (TPSA) is 233 Å². The zero-order valence-corrected chi connectivity index (χ0v) is 56.7. The average molecular weight is 1290 g/mol. The predicted octanol–water partition coefficient (Wildman–Crippen LogP) is 20.6. The molecule has 4 aromatic rings. The minimum Gasteiger partial charge on any atom is -0.400 e. The summed E-state index contributed by atoms with van der Waals surface area (Å²) in [6.45, 7) is 41.2. The molecule has 0 bridgehead atoms. The number of hydrogen-bond acceptors (Lipinski definition) is 12. The third-order valence-electron chi connectivity index (χ3n) is 11.7. The van der Waals surface area contributed by atoms with Gasteiger partial charge in [-0.3, -0.25) is 31.9 Å². The number of nitrogens with zero attached hydrogens (tertiary/aromatic N) is 2. The molecule has 1 aliphatic heterocycles. The molecule has 0 atom stereocenters. The third-order valence-corrected chi connectivity index (χ3v) is 12.6. The number of allylic oxidation sites excluding steroid dienone is 4. The average Bonchev–Trinajstić information content (AvgIpc) is 3.69. The van der Waals surface area contributed by atoms with Gasteiger partial charge in [-0.2, -0.15) is 0 Å². The summed E-state index contributed by atoms with van der Waals surface area (Å²) < 4.78 is 12.3. The third kappa shape index (κ3) is 38.5. The number of halogens is 3. The van der Waals surface area contributed by atoms with Crippen molar-refractivity contribution in [3.05, 3.63) is 156 Å². The molecule has 14 nitrogen and oxygen atoms in total. The maximum atomic E-state index is 10.7. The molecule has 0 aliphatic carbocycles. The van der Waals surface area contributed by atoms with Crippen molar-refractivity contribution in [2.75, 3.05) is 11.1 Å². The molecule has 1 saturated heterocycles. The summed E-state index contributed by atoms with van der Waals surface area (Å²) in [4.78, 5) is 20.2. The van der Waals surface area contributed by atoms with E-state index in [0.717, 1.165) is 48.2 Å². The highest BCUT2D eigenvalue weighted by Gasteiger charge is 2.51. The van der Waals surface area contributed by atoms with Gasteiger partial charge in [0.2, 0.25) is 0 Å². The van der Waals surface area contributed by atoms with E-state index < -0.39 is 4.92 Å². The van der Waals surface area contributed by atoms with Crippen molar-refractivity contribution in [3.8, 4) is 0 Å². The van der Waals surface area contributed by atoms with Crippen molar-refractivity contribution >= 4 is 108 Å². The largest absolute Gasteiger partial charge is 0.490 e. The number of anilines is 2. The number of hydrazine groups is 2.